The van der Waals surface area contributed by atoms with Crippen molar-refractivity contribution in [3.8, 4) is 0 Å². The molecule has 0 atom stereocenters. The second kappa shape index (κ2) is 6.41. The van der Waals surface area contributed by atoms with Gasteiger partial charge in [-0.1, -0.05) is 22.0 Å². The van der Waals surface area contributed by atoms with Crippen LogP contribution in [0.4, 0.5) is 0 Å². The molecule has 6 heteroatoms. The Kier molecular flexibility index (Phi) is 4.86. The first kappa shape index (κ1) is 13.6. The molecule has 0 aliphatic rings. The summed E-state index contributed by atoms with van der Waals surface area (Å²) in [5.41, 5.74) is 0.441. The first-order valence-electron chi connectivity index (χ1n) is 5.21. The number of halogens is 2. The van der Waals surface area contributed by atoms with Crippen molar-refractivity contribution < 1.29 is 0 Å². The van der Waals surface area contributed by atoms with Crippen LogP contribution >= 0.6 is 39.3 Å². The fraction of sp³-hybridized carbons (Fsp3) is 0.167. The summed E-state index contributed by atoms with van der Waals surface area (Å²) in [6.07, 6.45) is 0. The van der Waals surface area contributed by atoms with E-state index in [0.29, 0.717) is 17.3 Å². The van der Waals surface area contributed by atoms with Gasteiger partial charge in [-0.15, -0.1) is 23.4 Å². The minimum atomic E-state index is -0.162. The molecule has 1 aromatic carbocycles. The summed E-state index contributed by atoms with van der Waals surface area (Å²) in [6.45, 7) is 0. The lowest BCUT2D eigenvalue weighted by Crippen LogP contribution is -2.11. The summed E-state index contributed by atoms with van der Waals surface area (Å²) in [7, 11) is 0. The number of hydrogen-bond acceptors (Lipinski definition) is 3. The second-order valence-electron chi connectivity index (χ2n) is 3.56. The van der Waals surface area contributed by atoms with E-state index in [1.54, 1.807) is 11.8 Å². The largest absolute Gasteiger partial charge is 0.310 e. The van der Waals surface area contributed by atoms with Gasteiger partial charge in [0.25, 0.3) is 5.56 Å². The Hall–Kier alpha value is -0.780. The van der Waals surface area contributed by atoms with Gasteiger partial charge >= 0.3 is 0 Å². The van der Waals surface area contributed by atoms with Crippen molar-refractivity contribution >= 4 is 39.3 Å². The molecule has 0 bridgehead atoms. The predicted molar refractivity (Wildman–Crippen MR) is 78.1 cm³/mol. The lowest BCUT2D eigenvalue weighted by atomic mass is 10.4. The highest BCUT2D eigenvalue weighted by Crippen LogP contribution is 2.24. The summed E-state index contributed by atoms with van der Waals surface area (Å²) in [4.78, 5) is 19.5. The zero-order chi connectivity index (χ0) is 13.0. The number of nitrogens with zero attached hydrogens (tertiary/aromatic N) is 1. The molecule has 0 spiro atoms. The van der Waals surface area contributed by atoms with Crippen LogP contribution in [0.2, 0.25) is 0 Å². The van der Waals surface area contributed by atoms with E-state index in [1.807, 2.05) is 24.3 Å². The molecule has 18 heavy (non-hydrogen) atoms. The number of hydrogen-bond donors (Lipinski definition) is 1. The fourth-order valence-electron chi connectivity index (χ4n) is 1.41. The Bertz CT molecular complexity index is 603. The number of aromatic nitrogens is 2. The van der Waals surface area contributed by atoms with Gasteiger partial charge in [0, 0.05) is 15.4 Å². The molecular formula is C12H10BrClN2OS. The van der Waals surface area contributed by atoms with Gasteiger partial charge in [0.15, 0.2) is 0 Å². The van der Waals surface area contributed by atoms with Crippen LogP contribution in [0.3, 0.4) is 0 Å². The van der Waals surface area contributed by atoms with Crippen molar-refractivity contribution in [2.45, 2.75) is 16.5 Å². The van der Waals surface area contributed by atoms with Gasteiger partial charge in [-0.3, -0.25) is 4.79 Å². The van der Waals surface area contributed by atoms with E-state index < -0.39 is 0 Å². The summed E-state index contributed by atoms with van der Waals surface area (Å²) < 4.78 is 1.03. The Labute approximate surface area is 122 Å². The van der Waals surface area contributed by atoms with Crippen LogP contribution in [0.25, 0.3) is 0 Å². The maximum Gasteiger partial charge on any atom is 0.251 e. The van der Waals surface area contributed by atoms with Gasteiger partial charge in [-0.25, -0.2) is 4.98 Å². The molecule has 1 aromatic heterocycles. The molecule has 1 N–H and O–H groups in total. The normalized spacial score (nSPS) is 10.6. The van der Waals surface area contributed by atoms with Crippen LogP contribution in [0.5, 0.6) is 0 Å². The van der Waals surface area contributed by atoms with Crippen molar-refractivity contribution in [2.75, 3.05) is 0 Å². The molecule has 2 aromatic rings. The summed E-state index contributed by atoms with van der Waals surface area (Å²) in [5, 5.41) is 0. The topological polar surface area (TPSA) is 45.8 Å². The molecule has 0 amide bonds. The Balaban J connectivity index is 2.10. The highest BCUT2D eigenvalue weighted by Gasteiger charge is 2.02. The molecule has 2 rings (SSSR count). The van der Waals surface area contributed by atoms with Gasteiger partial charge in [0.2, 0.25) is 0 Å². The van der Waals surface area contributed by atoms with Crippen molar-refractivity contribution in [1.82, 2.24) is 9.97 Å². The Morgan fingerprint density at radius 3 is 2.94 bits per heavy atom. The summed E-state index contributed by atoms with van der Waals surface area (Å²) in [5.74, 6) is 1.50. The Morgan fingerprint density at radius 2 is 2.22 bits per heavy atom. The van der Waals surface area contributed by atoms with Crippen molar-refractivity contribution in [3.05, 3.63) is 56.7 Å². The van der Waals surface area contributed by atoms with Crippen molar-refractivity contribution in [1.29, 1.82) is 0 Å². The molecule has 0 aliphatic carbocycles. The van der Waals surface area contributed by atoms with E-state index >= 15 is 0 Å². The van der Waals surface area contributed by atoms with Crippen LogP contribution in [0.15, 0.2) is 44.5 Å². The van der Waals surface area contributed by atoms with Crippen LogP contribution in [0.1, 0.15) is 11.5 Å². The second-order valence-corrected chi connectivity index (χ2v) is 5.79. The molecule has 0 unspecified atom stereocenters. The van der Waals surface area contributed by atoms with Crippen molar-refractivity contribution in [2.24, 2.45) is 0 Å². The number of H-pyrrole nitrogens is 1. The maximum absolute atomic E-state index is 11.4. The van der Waals surface area contributed by atoms with Crippen LogP contribution in [-0.2, 0) is 11.6 Å². The first-order valence-corrected chi connectivity index (χ1v) is 7.52. The van der Waals surface area contributed by atoms with Gasteiger partial charge in [0.1, 0.15) is 5.82 Å². The number of aromatic amines is 1. The summed E-state index contributed by atoms with van der Waals surface area (Å²) >= 11 is 10.7. The molecule has 0 fully saturated rings. The highest BCUT2D eigenvalue weighted by molar-refractivity contribution is 9.10. The molecular weight excluding hydrogens is 336 g/mol. The average Bonchev–Trinajstić information content (AvgIpc) is 2.36. The third kappa shape index (κ3) is 3.86. The number of alkyl halides is 1. The van der Waals surface area contributed by atoms with E-state index in [1.165, 1.54) is 6.07 Å². The minimum absolute atomic E-state index is 0.162. The van der Waals surface area contributed by atoms with E-state index in [9.17, 15) is 4.79 Å². The first-order chi connectivity index (χ1) is 8.67. The zero-order valence-electron chi connectivity index (χ0n) is 9.32. The number of nitrogens with one attached hydrogen (secondary N) is 1. The quantitative estimate of drug-likeness (QED) is 0.681. The molecule has 0 radical (unpaired) electrons. The third-order valence-corrected chi connectivity index (χ3v) is 3.92. The van der Waals surface area contributed by atoms with Gasteiger partial charge in [-0.2, -0.15) is 0 Å². The molecule has 0 saturated carbocycles. The molecule has 1 heterocycles. The standard InChI is InChI=1S/C12H10BrClN2OS/c13-8-2-1-3-10(4-8)18-7-11-15-9(6-14)5-12(17)16-11/h1-5H,6-7H2,(H,15,16,17). The lowest BCUT2D eigenvalue weighted by Gasteiger charge is -2.03. The fourth-order valence-corrected chi connectivity index (χ4v) is 2.92. The van der Waals surface area contributed by atoms with E-state index in [-0.39, 0.29) is 11.4 Å². The number of rotatable bonds is 4. The van der Waals surface area contributed by atoms with Crippen LogP contribution in [-0.4, -0.2) is 9.97 Å². The molecule has 0 aliphatic heterocycles. The Morgan fingerprint density at radius 1 is 1.39 bits per heavy atom. The molecule has 3 nitrogen and oxygen atoms in total. The smallest absolute Gasteiger partial charge is 0.251 e. The average molecular weight is 346 g/mol. The predicted octanol–water partition coefficient (Wildman–Crippen LogP) is 3.56. The van der Waals surface area contributed by atoms with E-state index in [0.717, 1.165) is 9.37 Å². The van der Waals surface area contributed by atoms with Gasteiger partial charge in [0.05, 0.1) is 17.3 Å². The SMILES string of the molecule is O=c1cc(CCl)nc(CSc2cccc(Br)c2)[nH]1. The van der Waals surface area contributed by atoms with Gasteiger partial charge in [-0.05, 0) is 18.2 Å². The lowest BCUT2D eigenvalue weighted by molar-refractivity contribution is 0.959. The monoisotopic (exact) mass is 344 g/mol. The minimum Gasteiger partial charge on any atom is -0.310 e. The third-order valence-electron chi connectivity index (χ3n) is 2.15. The molecule has 94 valence electrons. The maximum atomic E-state index is 11.4. The van der Waals surface area contributed by atoms with Crippen LogP contribution < -0.4 is 5.56 Å². The van der Waals surface area contributed by atoms with Crippen LogP contribution in [0, 0.1) is 0 Å². The zero-order valence-corrected chi connectivity index (χ0v) is 12.5. The van der Waals surface area contributed by atoms with E-state index in [4.69, 9.17) is 11.6 Å². The van der Waals surface area contributed by atoms with Crippen molar-refractivity contribution in [3.63, 3.8) is 0 Å². The molecule has 0 saturated heterocycles. The number of thioether (sulfide) groups is 1. The van der Waals surface area contributed by atoms with Gasteiger partial charge < -0.3 is 4.98 Å². The summed E-state index contributed by atoms with van der Waals surface area (Å²) in [6, 6.07) is 9.39. The van der Waals surface area contributed by atoms with E-state index in [2.05, 4.69) is 25.9 Å². The number of benzene rings is 1. The highest BCUT2D eigenvalue weighted by atomic mass is 79.9.